The van der Waals surface area contributed by atoms with Crippen LogP contribution < -0.4 is 14.8 Å². The summed E-state index contributed by atoms with van der Waals surface area (Å²) in [5.41, 5.74) is -1.03. The first-order valence-electron chi connectivity index (χ1n) is 12.9. The molecule has 16 heteroatoms. The zero-order valence-electron chi connectivity index (χ0n) is 22.0. The van der Waals surface area contributed by atoms with Crippen LogP contribution in [0.2, 0.25) is 0 Å². The minimum Gasteiger partial charge on any atom is -0.488 e. The maximum Gasteiger partial charge on any atom is 0.573 e. The fourth-order valence-corrected chi connectivity index (χ4v) is 6.12. The molecule has 2 aliphatic rings. The van der Waals surface area contributed by atoms with Crippen LogP contribution in [0.1, 0.15) is 30.4 Å². The number of sulfonamides is 1. The second kappa shape index (κ2) is 12.5. The molecule has 2 aromatic carbocycles. The number of nitrogens with zero attached hydrogens (tertiary/aromatic N) is 2. The van der Waals surface area contributed by atoms with Crippen LogP contribution in [0.15, 0.2) is 41.4 Å². The van der Waals surface area contributed by atoms with Gasteiger partial charge in [0, 0.05) is 25.1 Å². The number of aliphatic imine (C=N–C) groups is 1. The van der Waals surface area contributed by atoms with Crippen LogP contribution in [0.3, 0.4) is 0 Å². The van der Waals surface area contributed by atoms with Crippen molar-refractivity contribution in [2.45, 2.75) is 43.7 Å². The maximum atomic E-state index is 14.4. The fraction of sp³-hybridized carbons (Fsp3) is 0.462. The Balaban J connectivity index is 1.36. The zero-order chi connectivity index (χ0) is 30.7. The van der Waals surface area contributed by atoms with Crippen LogP contribution >= 0.6 is 0 Å². The molecule has 0 radical (unpaired) electrons. The van der Waals surface area contributed by atoms with Gasteiger partial charge in [-0.15, -0.1) is 13.2 Å². The van der Waals surface area contributed by atoms with Crippen molar-refractivity contribution in [1.29, 1.82) is 0 Å². The minimum absolute atomic E-state index is 0.0145. The van der Waals surface area contributed by atoms with Gasteiger partial charge >= 0.3 is 6.36 Å². The highest BCUT2D eigenvalue weighted by atomic mass is 32.2. The van der Waals surface area contributed by atoms with Gasteiger partial charge in [0.1, 0.15) is 17.1 Å². The standard InChI is InChI=1S/C26H28F5N3O7S/c27-20-12-16(13-21(28)22(20)40-10-4-18(36)15-35)5-11-42(38,39)34-8-6-25(7-9-34)24(37)32-23(33-25)17-2-1-3-19(14-17)41-26(29,30)31/h1-3,12-14,18,35-36H,4-11,15H2,(H,32,33,37). The van der Waals surface area contributed by atoms with Crippen molar-refractivity contribution >= 4 is 21.8 Å². The number of amidine groups is 1. The van der Waals surface area contributed by atoms with Gasteiger partial charge in [0.15, 0.2) is 17.4 Å². The van der Waals surface area contributed by atoms with Crippen LogP contribution in [0, 0.1) is 11.6 Å². The molecule has 1 unspecified atom stereocenters. The molecule has 1 fully saturated rings. The lowest BCUT2D eigenvalue weighted by atomic mass is 9.89. The molecule has 1 spiro atoms. The Morgan fingerprint density at radius 3 is 2.40 bits per heavy atom. The van der Waals surface area contributed by atoms with Gasteiger partial charge in [-0.3, -0.25) is 9.79 Å². The van der Waals surface area contributed by atoms with E-state index in [1.165, 1.54) is 12.1 Å². The number of hydrogen-bond donors (Lipinski definition) is 3. The predicted molar refractivity (Wildman–Crippen MR) is 138 cm³/mol. The highest BCUT2D eigenvalue weighted by Crippen LogP contribution is 2.33. The Kier molecular flexibility index (Phi) is 9.39. The third kappa shape index (κ3) is 7.53. The predicted octanol–water partition coefficient (Wildman–Crippen LogP) is 2.27. The van der Waals surface area contributed by atoms with Gasteiger partial charge in [-0.1, -0.05) is 12.1 Å². The first-order valence-corrected chi connectivity index (χ1v) is 14.5. The molecule has 2 aromatic rings. The number of amides is 1. The largest absolute Gasteiger partial charge is 0.573 e. The number of halogens is 5. The van der Waals surface area contributed by atoms with Gasteiger partial charge in [-0.2, -0.15) is 0 Å². The number of piperidine rings is 1. The molecule has 4 rings (SSSR count). The topological polar surface area (TPSA) is 138 Å². The van der Waals surface area contributed by atoms with E-state index in [-0.39, 0.29) is 62.3 Å². The molecule has 42 heavy (non-hydrogen) atoms. The van der Waals surface area contributed by atoms with Crippen molar-refractivity contribution in [3.05, 3.63) is 59.2 Å². The first-order chi connectivity index (χ1) is 19.7. The number of aliphatic hydroxyl groups excluding tert-OH is 2. The van der Waals surface area contributed by atoms with Gasteiger partial charge in [-0.05, 0) is 49.1 Å². The van der Waals surface area contributed by atoms with E-state index in [2.05, 4.69) is 15.0 Å². The number of rotatable bonds is 11. The number of ether oxygens (including phenoxy) is 2. The normalized spacial score (nSPS) is 18.1. The van der Waals surface area contributed by atoms with Crippen molar-refractivity contribution in [2.75, 3.05) is 32.1 Å². The van der Waals surface area contributed by atoms with Crippen molar-refractivity contribution < 1.29 is 54.9 Å². The molecule has 0 bridgehead atoms. The number of benzene rings is 2. The number of nitrogens with one attached hydrogen (secondary N) is 1. The van der Waals surface area contributed by atoms with Crippen LogP contribution in [-0.4, -0.2) is 84.7 Å². The Hall–Kier alpha value is -3.34. The van der Waals surface area contributed by atoms with Crippen LogP contribution in [0.5, 0.6) is 11.5 Å². The summed E-state index contributed by atoms with van der Waals surface area (Å²) in [4.78, 5) is 17.2. The average molecular weight is 622 g/mol. The summed E-state index contributed by atoms with van der Waals surface area (Å²) in [6.45, 7) is -0.917. The molecule has 0 aromatic heterocycles. The highest BCUT2D eigenvalue weighted by molar-refractivity contribution is 7.89. The number of alkyl halides is 3. The number of carbonyl (C=O) groups excluding carboxylic acids is 1. The van der Waals surface area contributed by atoms with E-state index < -0.39 is 69.4 Å². The fourth-order valence-electron chi connectivity index (χ4n) is 4.63. The van der Waals surface area contributed by atoms with Crippen LogP contribution in [0.25, 0.3) is 0 Å². The molecule has 230 valence electrons. The van der Waals surface area contributed by atoms with E-state index >= 15 is 0 Å². The van der Waals surface area contributed by atoms with Crippen molar-refractivity contribution in [1.82, 2.24) is 9.62 Å². The highest BCUT2D eigenvalue weighted by Gasteiger charge is 2.47. The third-order valence-corrected chi connectivity index (χ3v) is 8.75. The Morgan fingerprint density at radius 2 is 1.79 bits per heavy atom. The number of aliphatic hydroxyl groups is 2. The Morgan fingerprint density at radius 1 is 1.12 bits per heavy atom. The minimum atomic E-state index is -4.90. The van der Waals surface area contributed by atoms with Crippen LogP contribution in [-0.2, 0) is 21.2 Å². The van der Waals surface area contributed by atoms with Gasteiger partial charge < -0.3 is 25.0 Å². The molecule has 1 atom stereocenters. The molecule has 2 heterocycles. The van der Waals surface area contributed by atoms with E-state index in [1.807, 2.05) is 0 Å². The summed E-state index contributed by atoms with van der Waals surface area (Å²) < 4.78 is 103. The molecule has 0 aliphatic carbocycles. The molecule has 1 amide bonds. The lowest BCUT2D eigenvalue weighted by Crippen LogP contribution is -2.50. The smallest absolute Gasteiger partial charge is 0.488 e. The van der Waals surface area contributed by atoms with Crippen molar-refractivity contribution in [2.24, 2.45) is 4.99 Å². The summed E-state index contributed by atoms with van der Waals surface area (Å²) in [7, 11) is -3.89. The molecule has 2 aliphatic heterocycles. The van der Waals surface area contributed by atoms with E-state index in [4.69, 9.17) is 9.84 Å². The summed E-state index contributed by atoms with van der Waals surface area (Å²) in [6, 6.07) is 6.86. The van der Waals surface area contributed by atoms with Crippen LogP contribution in [0.4, 0.5) is 22.0 Å². The Labute approximate surface area is 237 Å². The van der Waals surface area contributed by atoms with Crippen molar-refractivity contribution in [3.8, 4) is 11.5 Å². The number of carbonyl (C=O) groups is 1. The first kappa shape index (κ1) is 31.6. The molecule has 0 saturated carbocycles. The quantitative estimate of drug-likeness (QED) is 0.328. The molecular formula is C26H28F5N3O7S. The molecular weight excluding hydrogens is 593 g/mol. The monoisotopic (exact) mass is 621 g/mol. The summed E-state index contributed by atoms with van der Waals surface area (Å²) in [6.07, 6.45) is -6.22. The van der Waals surface area contributed by atoms with Crippen molar-refractivity contribution in [3.63, 3.8) is 0 Å². The second-order valence-electron chi connectivity index (χ2n) is 9.85. The average Bonchev–Trinajstić information content (AvgIpc) is 3.23. The third-order valence-electron chi connectivity index (χ3n) is 6.88. The SMILES string of the molecule is O=C1NC(c2cccc(OC(F)(F)F)c2)=NC12CCN(S(=O)(=O)CCc1cc(F)c(OCCC(O)CO)c(F)c1)CC2. The summed E-state index contributed by atoms with van der Waals surface area (Å²) in [5.74, 6) is -4.18. The molecule has 3 N–H and O–H groups in total. The summed E-state index contributed by atoms with van der Waals surface area (Å²) >= 11 is 0. The van der Waals surface area contributed by atoms with Gasteiger partial charge in [0.2, 0.25) is 10.0 Å². The lowest BCUT2D eigenvalue weighted by molar-refractivity contribution is -0.274. The van der Waals surface area contributed by atoms with Gasteiger partial charge in [0.25, 0.3) is 5.91 Å². The number of hydrogen-bond acceptors (Lipinski definition) is 8. The second-order valence-corrected chi connectivity index (χ2v) is 11.9. The molecule has 1 saturated heterocycles. The maximum absolute atomic E-state index is 14.4. The van der Waals surface area contributed by atoms with Gasteiger partial charge in [0.05, 0.1) is 25.1 Å². The van der Waals surface area contributed by atoms with E-state index in [1.54, 1.807) is 0 Å². The Bertz CT molecular complexity index is 1420. The number of aryl methyl sites for hydroxylation is 1. The van der Waals surface area contributed by atoms with E-state index in [0.29, 0.717) is 0 Å². The summed E-state index contributed by atoms with van der Waals surface area (Å²) in [5, 5.41) is 20.7. The van der Waals surface area contributed by atoms with E-state index in [0.717, 1.165) is 28.6 Å². The molecule has 10 nitrogen and oxygen atoms in total. The van der Waals surface area contributed by atoms with E-state index in [9.17, 15) is 40.3 Å². The zero-order valence-corrected chi connectivity index (χ0v) is 22.9. The van der Waals surface area contributed by atoms with Gasteiger partial charge in [-0.25, -0.2) is 21.5 Å². The lowest BCUT2D eigenvalue weighted by Gasteiger charge is -2.34.